The minimum atomic E-state index is -1.44. The number of cyclic esters (lactones) is 1. The van der Waals surface area contributed by atoms with Crippen molar-refractivity contribution >= 4 is 47.1 Å². The Bertz CT molecular complexity index is 2140. The Kier molecular flexibility index (Phi) is 22.7. The molecule has 0 amide bonds. The topological polar surface area (TPSA) is 228 Å². The molecule has 3 aliphatic heterocycles. The van der Waals surface area contributed by atoms with Gasteiger partial charge in [-0.05, 0) is 97.3 Å². The Morgan fingerprint density at radius 3 is 2.36 bits per heavy atom. The van der Waals surface area contributed by atoms with Crippen molar-refractivity contribution in [1.82, 2.24) is 14.8 Å². The van der Waals surface area contributed by atoms with Gasteiger partial charge in [0.1, 0.15) is 36.8 Å². The number of rotatable bonds is 16. The lowest BCUT2D eigenvalue weighted by Crippen LogP contribution is -2.66. The van der Waals surface area contributed by atoms with E-state index in [4.69, 9.17) is 42.6 Å². The molecular weight excluding hydrogens is 947 g/mol. The lowest BCUT2D eigenvalue weighted by Gasteiger charge is -2.50. The molecule has 2 N–H and O–H groups in total. The molecule has 0 aliphatic carbocycles. The summed E-state index contributed by atoms with van der Waals surface area (Å²) in [4.78, 5) is 73.3. The fourth-order valence-electron chi connectivity index (χ4n) is 10.4. The number of aliphatic hydroxyl groups is 2. The van der Waals surface area contributed by atoms with Crippen LogP contribution in [-0.2, 0) is 66.6 Å². The van der Waals surface area contributed by atoms with Gasteiger partial charge in [-0.25, -0.2) is 0 Å². The first-order chi connectivity index (χ1) is 34.7. The van der Waals surface area contributed by atoms with Crippen molar-refractivity contribution in [1.29, 1.82) is 0 Å². The summed E-state index contributed by atoms with van der Waals surface area (Å²) in [6, 6.07) is 9.02. The van der Waals surface area contributed by atoms with Crippen LogP contribution in [0.3, 0.4) is 0 Å². The van der Waals surface area contributed by atoms with Crippen LogP contribution >= 0.6 is 0 Å². The predicted molar refractivity (Wildman–Crippen MR) is 268 cm³/mol. The van der Waals surface area contributed by atoms with E-state index in [2.05, 4.69) is 4.98 Å². The summed E-state index contributed by atoms with van der Waals surface area (Å²) in [7, 11) is 6.80. The second-order valence-electron chi connectivity index (χ2n) is 20.3. The van der Waals surface area contributed by atoms with E-state index in [1.807, 2.05) is 61.4 Å². The molecule has 1 aromatic carbocycles. The average molecular weight is 1030 g/mol. The Morgan fingerprint density at radius 2 is 1.68 bits per heavy atom. The van der Waals surface area contributed by atoms with Crippen LogP contribution in [0.4, 0.5) is 0 Å². The minimum Gasteiger partial charge on any atom is -0.462 e. The molecule has 5 rings (SSSR count). The maximum Gasteiger partial charge on any atom is 0.309 e. The van der Waals surface area contributed by atoms with Crippen LogP contribution in [0.15, 0.2) is 42.6 Å². The zero-order chi connectivity index (χ0) is 53.6. The highest BCUT2D eigenvalue weighted by Gasteiger charge is 2.54. The number of nitrogens with zero attached hydrogens (tertiary/aromatic N) is 3. The number of pyridine rings is 1. The number of aromatic nitrogens is 1. The van der Waals surface area contributed by atoms with E-state index >= 15 is 0 Å². The second-order valence-corrected chi connectivity index (χ2v) is 20.3. The van der Waals surface area contributed by atoms with Crippen molar-refractivity contribution in [2.24, 2.45) is 11.8 Å². The molecule has 408 valence electrons. The van der Waals surface area contributed by atoms with E-state index in [1.54, 1.807) is 59.8 Å². The smallest absolute Gasteiger partial charge is 0.309 e. The molecule has 1 aromatic heterocycles. The molecule has 19 nitrogen and oxygen atoms in total. The first-order valence-electron chi connectivity index (χ1n) is 25.8. The van der Waals surface area contributed by atoms with Crippen LogP contribution < -0.4 is 0 Å². The van der Waals surface area contributed by atoms with Gasteiger partial charge >= 0.3 is 23.9 Å². The van der Waals surface area contributed by atoms with Crippen molar-refractivity contribution in [3.63, 3.8) is 0 Å². The van der Waals surface area contributed by atoms with Crippen LogP contribution in [0.25, 0.3) is 17.0 Å². The van der Waals surface area contributed by atoms with E-state index in [0.717, 1.165) is 22.8 Å². The molecule has 3 aliphatic rings. The number of ether oxygens (including phenoxy) is 9. The van der Waals surface area contributed by atoms with Crippen molar-refractivity contribution < 1.29 is 76.8 Å². The molecule has 0 radical (unpaired) electrons. The Balaban J connectivity index is 1.46. The van der Waals surface area contributed by atoms with E-state index < -0.39 is 127 Å². The average Bonchev–Trinajstić information content (AvgIpc) is 3.32. The van der Waals surface area contributed by atoms with Crippen molar-refractivity contribution in [3.8, 4) is 0 Å². The van der Waals surface area contributed by atoms with E-state index in [0.29, 0.717) is 32.4 Å². The zero-order valence-electron chi connectivity index (χ0n) is 44.6. The van der Waals surface area contributed by atoms with Crippen molar-refractivity contribution in [2.45, 2.75) is 192 Å². The predicted octanol–water partition coefficient (Wildman–Crippen LogP) is 5.18. The molecule has 73 heavy (non-hydrogen) atoms. The van der Waals surface area contributed by atoms with Gasteiger partial charge in [0.05, 0.1) is 42.4 Å². The molecule has 16 atom stereocenters. The Labute approximate surface area is 430 Å². The maximum absolute atomic E-state index is 14.2. The molecule has 19 heteroatoms. The minimum absolute atomic E-state index is 0.0243. The molecule has 0 saturated carbocycles. The third kappa shape index (κ3) is 16.5. The Hall–Kier alpha value is -4.44. The van der Waals surface area contributed by atoms with Crippen LogP contribution in [0.5, 0.6) is 0 Å². The van der Waals surface area contributed by atoms with Gasteiger partial charge in [-0.3, -0.25) is 24.2 Å². The number of carbonyl (C=O) groups excluding carboxylic acids is 5. The third-order valence-corrected chi connectivity index (χ3v) is 14.1. The molecular formula is C54H81N3O16. The standard InChI is InChI=1S/C54H81N3O16/c1-12-43(61)69-42-28-45(63)68-39(20-16-18-36-27-37-19-14-15-22-40(37)55-30-36)21-17-24-57(10)31-41(60)32(3)26-38(23-25-58)50(51(42)65-11)72-53-48(64)47(56(8)9)49(33(4)67-53)71-46-29-54(7,73-35(6)59)52(34(5)66-46)70-44(62)13-2/h14-16,18-19,22,25,27,30,32-34,38-39,41-42,46-53,60,64H,12-13,17,20-21,23-24,26,28-29,31H2,1-11H3/b18-16+/t32-,33?,34?,38+,39+,41+,42-,46+,47?,48?,49-,50+,51+,52+,53+,54?/m1/s1. The molecule has 2 aromatic rings. The SMILES string of the molecule is CCC(=O)O[C@@H]1CC(=O)O[C@@H](C/C=C/c2cnc3ccccc3c2)CCCN(C)C[C@H](O)[C@H](C)C[C@H](CC=O)[C@H](O[C@@H]2OC(C)[C@@H](O[C@H]3CC(C)(OC(C)=O)[C@@H](OC(=O)CC)C(C)O3)C(N(C)C)C2O)[C@H]1OC. The molecule has 0 spiro atoms. The van der Waals surface area contributed by atoms with Crippen LogP contribution in [-0.4, -0.2) is 182 Å². The van der Waals surface area contributed by atoms with Gasteiger partial charge in [0.15, 0.2) is 24.3 Å². The van der Waals surface area contributed by atoms with Gasteiger partial charge in [-0.2, -0.15) is 0 Å². The summed E-state index contributed by atoms with van der Waals surface area (Å²) in [5, 5.41) is 25.0. The van der Waals surface area contributed by atoms with Gasteiger partial charge in [0, 0.05) is 64.3 Å². The maximum atomic E-state index is 14.2. The molecule has 0 bridgehead atoms. The molecule has 4 heterocycles. The van der Waals surface area contributed by atoms with Gasteiger partial charge < -0.3 is 67.4 Å². The summed E-state index contributed by atoms with van der Waals surface area (Å²) < 4.78 is 56.1. The lowest BCUT2D eigenvalue weighted by atomic mass is 9.82. The summed E-state index contributed by atoms with van der Waals surface area (Å²) in [6.45, 7) is 12.4. The molecule has 3 saturated heterocycles. The first-order valence-corrected chi connectivity index (χ1v) is 25.8. The van der Waals surface area contributed by atoms with Gasteiger partial charge in [0.25, 0.3) is 0 Å². The van der Waals surface area contributed by atoms with E-state index in [1.165, 1.54) is 14.0 Å². The fourth-order valence-corrected chi connectivity index (χ4v) is 10.4. The number of hydrogen-bond acceptors (Lipinski definition) is 19. The number of aliphatic hydroxyl groups excluding tert-OH is 2. The summed E-state index contributed by atoms with van der Waals surface area (Å²) >= 11 is 0. The third-order valence-electron chi connectivity index (χ3n) is 14.1. The highest BCUT2D eigenvalue weighted by Crippen LogP contribution is 2.39. The number of aldehydes is 1. The number of methoxy groups -OCH3 is 1. The highest BCUT2D eigenvalue weighted by molar-refractivity contribution is 5.80. The van der Waals surface area contributed by atoms with Crippen LogP contribution in [0.1, 0.15) is 112 Å². The summed E-state index contributed by atoms with van der Waals surface area (Å²) in [6.07, 6.45) is -4.68. The summed E-state index contributed by atoms with van der Waals surface area (Å²) in [5.74, 6) is -3.46. The summed E-state index contributed by atoms with van der Waals surface area (Å²) in [5.41, 5.74) is 0.430. The quantitative estimate of drug-likeness (QED) is 0.125. The zero-order valence-corrected chi connectivity index (χ0v) is 44.6. The Morgan fingerprint density at radius 1 is 0.973 bits per heavy atom. The van der Waals surface area contributed by atoms with Crippen LogP contribution in [0.2, 0.25) is 0 Å². The van der Waals surface area contributed by atoms with Gasteiger partial charge in [-0.15, -0.1) is 0 Å². The van der Waals surface area contributed by atoms with Crippen molar-refractivity contribution in [3.05, 3.63) is 48.2 Å². The number of para-hydroxylation sites is 1. The number of β-amino-alcohol motifs (C(OH)–C–C–N with tert-alkyl or cyclic N) is 1. The first kappa shape index (κ1) is 59.4. The van der Waals surface area contributed by atoms with Crippen LogP contribution in [0, 0.1) is 11.8 Å². The lowest BCUT2D eigenvalue weighted by molar-refractivity contribution is -0.344. The monoisotopic (exact) mass is 1030 g/mol. The van der Waals surface area contributed by atoms with Crippen molar-refractivity contribution in [2.75, 3.05) is 41.3 Å². The fraction of sp³-hybridized carbons (Fsp3) is 0.704. The number of fused-ring (bicyclic) bond motifs is 1. The highest BCUT2D eigenvalue weighted by atomic mass is 16.7. The normalized spacial score (nSPS) is 34.5. The molecule has 5 unspecified atom stereocenters. The second kappa shape index (κ2) is 27.9. The number of likely N-dealkylation sites (N-methyl/N-ethyl adjacent to an activating group) is 2. The van der Waals surface area contributed by atoms with E-state index in [9.17, 15) is 34.2 Å². The number of carbonyl (C=O) groups is 5. The largest absolute Gasteiger partial charge is 0.462 e. The van der Waals surface area contributed by atoms with E-state index in [-0.39, 0.29) is 32.1 Å². The number of hydrogen-bond donors (Lipinski definition) is 2. The van der Waals surface area contributed by atoms with Gasteiger partial charge in [-0.1, -0.05) is 51.1 Å². The molecule has 3 fully saturated rings. The number of benzene rings is 1. The number of esters is 4. The van der Waals surface area contributed by atoms with Gasteiger partial charge in [0.2, 0.25) is 0 Å².